The predicted octanol–water partition coefficient (Wildman–Crippen LogP) is 4.30. The van der Waals surface area contributed by atoms with E-state index in [4.69, 9.17) is 9.47 Å². The van der Waals surface area contributed by atoms with Crippen LogP contribution < -0.4 is 14.8 Å². The number of aryl methyl sites for hydroxylation is 1. The second-order valence-electron chi connectivity index (χ2n) is 9.32. The molecule has 6 heteroatoms. The Morgan fingerprint density at radius 3 is 2.44 bits per heavy atom. The van der Waals surface area contributed by atoms with Crippen molar-refractivity contribution in [1.82, 2.24) is 10.2 Å². The Balaban J connectivity index is 1.40. The van der Waals surface area contributed by atoms with Crippen LogP contribution in [0.15, 0.2) is 48.5 Å². The number of carbonyl (C=O) groups is 2. The first-order valence-corrected chi connectivity index (χ1v) is 12.6. The van der Waals surface area contributed by atoms with Crippen molar-refractivity contribution in [2.45, 2.75) is 70.4 Å². The van der Waals surface area contributed by atoms with Gasteiger partial charge in [-0.3, -0.25) is 9.59 Å². The number of hydrogen-bond acceptors (Lipinski definition) is 4. The van der Waals surface area contributed by atoms with E-state index in [9.17, 15) is 9.59 Å². The minimum absolute atomic E-state index is 0.00267. The number of nitrogens with zero attached hydrogens (tertiary/aromatic N) is 1. The van der Waals surface area contributed by atoms with Gasteiger partial charge in [-0.15, -0.1) is 0 Å². The number of amides is 2. The molecule has 2 amide bonds. The minimum Gasteiger partial charge on any atom is -0.486 e. The Morgan fingerprint density at radius 1 is 0.941 bits per heavy atom. The van der Waals surface area contributed by atoms with E-state index in [-0.39, 0.29) is 17.9 Å². The van der Waals surface area contributed by atoms with E-state index in [0.717, 1.165) is 54.7 Å². The fourth-order valence-corrected chi connectivity index (χ4v) is 4.78. The van der Waals surface area contributed by atoms with E-state index in [1.54, 1.807) is 4.90 Å². The maximum Gasteiger partial charge on any atom is 0.242 e. The highest BCUT2D eigenvalue weighted by atomic mass is 16.6. The molecular formula is C28H36N2O4. The summed E-state index contributed by atoms with van der Waals surface area (Å²) >= 11 is 0. The highest BCUT2D eigenvalue weighted by Crippen LogP contribution is 2.31. The van der Waals surface area contributed by atoms with Gasteiger partial charge in [0.25, 0.3) is 0 Å². The highest BCUT2D eigenvalue weighted by Gasteiger charge is 2.27. The quantitative estimate of drug-likeness (QED) is 0.601. The lowest BCUT2D eigenvalue weighted by atomic mass is 9.95. The van der Waals surface area contributed by atoms with Gasteiger partial charge in [-0.2, -0.15) is 0 Å². The molecule has 6 nitrogen and oxygen atoms in total. The lowest BCUT2D eigenvalue weighted by Gasteiger charge is -2.31. The van der Waals surface area contributed by atoms with Crippen molar-refractivity contribution >= 4 is 11.8 Å². The molecule has 1 heterocycles. The Kier molecular flexibility index (Phi) is 8.45. The normalized spacial score (nSPS) is 16.5. The third kappa shape index (κ3) is 6.52. The summed E-state index contributed by atoms with van der Waals surface area (Å²) in [6, 6.07) is 15.7. The molecule has 1 fully saturated rings. The molecule has 0 bridgehead atoms. The van der Waals surface area contributed by atoms with Gasteiger partial charge in [0.2, 0.25) is 11.8 Å². The van der Waals surface area contributed by atoms with E-state index >= 15 is 0 Å². The SMILES string of the molecule is C[C@H](C(=O)NC1CCCCC1)N(CCc1ccccc1)C(=O)CCc1ccc2c(c1)OCCO2. The average Bonchev–Trinajstić information content (AvgIpc) is 2.88. The van der Waals surface area contributed by atoms with Crippen molar-refractivity contribution in [2.24, 2.45) is 0 Å². The zero-order chi connectivity index (χ0) is 23.8. The van der Waals surface area contributed by atoms with E-state index in [2.05, 4.69) is 17.4 Å². The Hall–Kier alpha value is -3.02. The van der Waals surface area contributed by atoms with Crippen molar-refractivity contribution in [3.05, 3.63) is 59.7 Å². The van der Waals surface area contributed by atoms with E-state index in [1.165, 1.54) is 6.42 Å². The Bertz CT molecular complexity index is 956. The van der Waals surface area contributed by atoms with Crippen LogP contribution in [0.4, 0.5) is 0 Å². The van der Waals surface area contributed by atoms with Crippen LogP contribution in [0, 0.1) is 0 Å². The fraction of sp³-hybridized carbons (Fsp3) is 0.500. The molecule has 2 aromatic carbocycles. The van der Waals surface area contributed by atoms with Crippen LogP contribution in [0.2, 0.25) is 0 Å². The molecule has 1 N–H and O–H groups in total. The maximum atomic E-state index is 13.4. The molecule has 34 heavy (non-hydrogen) atoms. The summed E-state index contributed by atoms with van der Waals surface area (Å²) in [6.45, 7) is 3.46. The van der Waals surface area contributed by atoms with Gasteiger partial charge < -0.3 is 19.7 Å². The van der Waals surface area contributed by atoms with Crippen LogP contribution in [0.5, 0.6) is 11.5 Å². The van der Waals surface area contributed by atoms with Crippen molar-refractivity contribution in [1.29, 1.82) is 0 Å². The van der Waals surface area contributed by atoms with Gasteiger partial charge in [0.1, 0.15) is 19.3 Å². The lowest BCUT2D eigenvalue weighted by Crippen LogP contribution is -2.51. The van der Waals surface area contributed by atoms with Crippen molar-refractivity contribution in [2.75, 3.05) is 19.8 Å². The van der Waals surface area contributed by atoms with Crippen LogP contribution in [0.3, 0.4) is 0 Å². The first-order chi connectivity index (χ1) is 16.6. The molecule has 0 aromatic heterocycles. The highest BCUT2D eigenvalue weighted by molar-refractivity contribution is 5.87. The van der Waals surface area contributed by atoms with Gasteiger partial charge in [0.15, 0.2) is 11.5 Å². The lowest BCUT2D eigenvalue weighted by molar-refractivity contribution is -0.140. The first-order valence-electron chi connectivity index (χ1n) is 12.6. The maximum absolute atomic E-state index is 13.4. The van der Waals surface area contributed by atoms with Gasteiger partial charge in [0.05, 0.1) is 0 Å². The largest absolute Gasteiger partial charge is 0.486 e. The molecule has 4 rings (SSSR count). The number of nitrogens with one attached hydrogen (secondary N) is 1. The molecule has 1 atom stereocenters. The van der Waals surface area contributed by atoms with Gasteiger partial charge in [0, 0.05) is 19.0 Å². The molecule has 0 spiro atoms. The molecule has 1 aliphatic heterocycles. The van der Waals surface area contributed by atoms with E-state index in [1.807, 2.05) is 43.3 Å². The molecule has 182 valence electrons. The molecule has 1 aliphatic carbocycles. The zero-order valence-corrected chi connectivity index (χ0v) is 20.1. The third-order valence-corrected chi connectivity index (χ3v) is 6.84. The zero-order valence-electron chi connectivity index (χ0n) is 20.1. The third-order valence-electron chi connectivity index (χ3n) is 6.84. The summed E-state index contributed by atoms with van der Waals surface area (Å²) in [4.78, 5) is 28.2. The number of benzene rings is 2. The molecule has 2 aromatic rings. The number of fused-ring (bicyclic) bond motifs is 1. The molecule has 2 aliphatic rings. The van der Waals surface area contributed by atoms with Crippen LogP contribution in [0.1, 0.15) is 56.6 Å². The van der Waals surface area contributed by atoms with Crippen LogP contribution in [-0.4, -0.2) is 48.6 Å². The summed E-state index contributed by atoms with van der Waals surface area (Å²) in [5.74, 6) is 1.43. The van der Waals surface area contributed by atoms with Gasteiger partial charge in [-0.25, -0.2) is 0 Å². The molecule has 0 saturated heterocycles. The van der Waals surface area contributed by atoms with E-state index in [0.29, 0.717) is 32.6 Å². The van der Waals surface area contributed by atoms with Gasteiger partial charge in [-0.05, 0) is 55.9 Å². The number of rotatable bonds is 9. The second-order valence-corrected chi connectivity index (χ2v) is 9.32. The van der Waals surface area contributed by atoms with Crippen molar-refractivity contribution in [3.8, 4) is 11.5 Å². The van der Waals surface area contributed by atoms with Crippen LogP contribution in [-0.2, 0) is 22.4 Å². The summed E-state index contributed by atoms with van der Waals surface area (Å²) in [5, 5.41) is 3.20. The van der Waals surface area contributed by atoms with Crippen molar-refractivity contribution in [3.63, 3.8) is 0 Å². The number of hydrogen-bond donors (Lipinski definition) is 1. The molecule has 0 unspecified atom stereocenters. The Morgan fingerprint density at radius 2 is 1.68 bits per heavy atom. The molecule has 0 radical (unpaired) electrons. The second kappa shape index (κ2) is 11.9. The summed E-state index contributed by atoms with van der Waals surface area (Å²) in [6.07, 6.45) is 7.27. The minimum atomic E-state index is -0.501. The predicted molar refractivity (Wildman–Crippen MR) is 132 cm³/mol. The monoisotopic (exact) mass is 464 g/mol. The molecular weight excluding hydrogens is 428 g/mol. The van der Waals surface area contributed by atoms with Crippen molar-refractivity contribution < 1.29 is 19.1 Å². The summed E-state index contributed by atoms with van der Waals surface area (Å²) in [5.41, 5.74) is 2.19. The van der Waals surface area contributed by atoms with Gasteiger partial charge >= 0.3 is 0 Å². The topological polar surface area (TPSA) is 67.9 Å². The van der Waals surface area contributed by atoms with E-state index < -0.39 is 6.04 Å². The van der Waals surface area contributed by atoms with Crippen LogP contribution >= 0.6 is 0 Å². The number of ether oxygens (including phenoxy) is 2. The summed E-state index contributed by atoms with van der Waals surface area (Å²) in [7, 11) is 0. The average molecular weight is 465 g/mol. The van der Waals surface area contributed by atoms with Gasteiger partial charge in [-0.1, -0.05) is 55.7 Å². The Labute approximate surface area is 202 Å². The molecule has 1 saturated carbocycles. The first kappa shape index (κ1) is 24.1. The fourth-order valence-electron chi connectivity index (χ4n) is 4.78. The summed E-state index contributed by atoms with van der Waals surface area (Å²) < 4.78 is 11.3. The smallest absolute Gasteiger partial charge is 0.242 e. The standard InChI is InChI=1S/C28H36N2O4/c1-21(28(32)29-24-10-6-3-7-11-24)30(17-16-22-8-4-2-5-9-22)27(31)15-13-23-12-14-25-26(20-23)34-19-18-33-25/h2,4-5,8-9,12,14,20-21,24H,3,6-7,10-11,13,15-19H2,1H3,(H,29,32)/t21-/m1/s1. The van der Waals surface area contributed by atoms with Crippen LogP contribution in [0.25, 0.3) is 0 Å². The number of carbonyl (C=O) groups excluding carboxylic acids is 2.